The van der Waals surface area contributed by atoms with E-state index >= 15 is 0 Å². The number of phenolic OH excluding ortho intramolecular Hbond substituents is 1. The fraction of sp³-hybridized carbons (Fsp3) is 0.400. The Morgan fingerprint density at radius 3 is 2.18 bits per heavy atom. The van der Waals surface area contributed by atoms with Crippen molar-refractivity contribution in [2.45, 2.75) is 49.5 Å². The molecule has 2 saturated heterocycles. The van der Waals surface area contributed by atoms with E-state index in [9.17, 15) is 5.11 Å². The molecule has 2 unspecified atom stereocenters. The summed E-state index contributed by atoms with van der Waals surface area (Å²) >= 11 is 0. The Bertz CT molecular complexity index is 1080. The van der Waals surface area contributed by atoms with E-state index in [0.717, 1.165) is 18.9 Å². The van der Waals surface area contributed by atoms with Crippen molar-refractivity contribution >= 4 is 0 Å². The van der Waals surface area contributed by atoms with E-state index in [4.69, 9.17) is 0 Å². The molecule has 0 aromatic heterocycles. The van der Waals surface area contributed by atoms with Gasteiger partial charge in [0.05, 0.1) is 0 Å². The number of nitrogens with one attached hydrogen (secondary N) is 1. The molecule has 0 amide bonds. The Morgan fingerprint density at radius 1 is 0.758 bits per heavy atom. The first-order valence-corrected chi connectivity index (χ1v) is 12.7. The molecule has 0 spiro atoms. The fourth-order valence-electron chi connectivity index (χ4n) is 6.38. The molecule has 170 valence electrons. The van der Waals surface area contributed by atoms with Gasteiger partial charge in [0.25, 0.3) is 0 Å². The van der Waals surface area contributed by atoms with E-state index < -0.39 is 0 Å². The second kappa shape index (κ2) is 8.96. The normalized spacial score (nSPS) is 24.2. The maximum atomic E-state index is 10.1. The third-order valence-corrected chi connectivity index (χ3v) is 8.39. The van der Waals surface area contributed by atoms with Crippen LogP contribution in [0.15, 0.2) is 72.8 Å². The molecule has 1 aliphatic carbocycles. The summed E-state index contributed by atoms with van der Waals surface area (Å²) in [6.45, 7) is 4.80. The molecule has 2 atom stereocenters. The van der Waals surface area contributed by atoms with Gasteiger partial charge in [0.2, 0.25) is 0 Å². The number of likely N-dealkylation sites (tertiary alicyclic amines) is 1. The zero-order valence-corrected chi connectivity index (χ0v) is 19.3. The predicted molar refractivity (Wildman–Crippen MR) is 134 cm³/mol. The van der Waals surface area contributed by atoms with E-state index in [0.29, 0.717) is 23.5 Å². The van der Waals surface area contributed by atoms with E-state index in [2.05, 4.69) is 70.9 Å². The van der Waals surface area contributed by atoms with Gasteiger partial charge in [-0.1, -0.05) is 60.7 Å². The van der Waals surface area contributed by atoms with Crippen molar-refractivity contribution in [3.05, 3.63) is 101 Å². The van der Waals surface area contributed by atoms with E-state index in [1.807, 2.05) is 12.1 Å². The Hall–Kier alpha value is -2.62. The zero-order chi connectivity index (χ0) is 22.2. The monoisotopic (exact) mass is 438 g/mol. The van der Waals surface area contributed by atoms with Gasteiger partial charge in [-0.2, -0.15) is 0 Å². The molecule has 2 heterocycles. The number of aryl methyl sites for hydroxylation is 1. The van der Waals surface area contributed by atoms with Gasteiger partial charge in [0.15, 0.2) is 0 Å². The highest BCUT2D eigenvalue weighted by molar-refractivity contribution is 5.47. The lowest BCUT2D eigenvalue weighted by atomic mass is 9.69. The number of nitrogens with zero attached hydrogens (tertiary/aromatic N) is 1. The van der Waals surface area contributed by atoms with E-state index in [-0.39, 0.29) is 0 Å². The minimum atomic E-state index is 0.332. The summed E-state index contributed by atoms with van der Waals surface area (Å²) in [5.74, 6) is 1.86. The van der Waals surface area contributed by atoms with Gasteiger partial charge >= 0.3 is 0 Å². The summed E-state index contributed by atoms with van der Waals surface area (Å²) in [6, 6.07) is 27.3. The molecule has 0 radical (unpaired) electrons. The maximum absolute atomic E-state index is 10.1. The quantitative estimate of drug-likeness (QED) is 0.572. The largest absolute Gasteiger partial charge is 0.508 e. The number of phenols is 1. The number of hydrogen-bond donors (Lipinski definition) is 2. The smallest absolute Gasteiger partial charge is 0.115 e. The molecule has 2 fully saturated rings. The van der Waals surface area contributed by atoms with Crippen LogP contribution in [0.25, 0.3) is 0 Å². The minimum absolute atomic E-state index is 0.332. The van der Waals surface area contributed by atoms with Gasteiger partial charge in [0, 0.05) is 25.0 Å². The maximum Gasteiger partial charge on any atom is 0.115 e. The Balaban J connectivity index is 1.27. The zero-order valence-electron chi connectivity index (χ0n) is 19.3. The lowest BCUT2D eigenvalue weighted by Crippen LogP contribution is -2.58. The molecule has 2 N–H and O–H groups in total. The molecule has 33 heavy (non-hydrogen) atoms. The van der Waals surface area contributed by atoms with Crippen molar-refractivity contribution in [2.24, 2.45) is 0 Å². The van der Waals surface area contributed by atoms with Crippen molar-refractivity contribution in [1.29, 1.82) is 0 Å². The number of benzene rings is 3. The van der Waals surface area contributed by atoms with Crippen molar-refractivity contribution in [1.82, 2.24) is 10.2 Å². The van der Waals surface area contributed by atoms with Crippen LogP contribution in [0.2, 0.25) is 0 Å². The Kier molecular flexibility index (Phi) is 5.69. The molecule has 0 saturated carbocycles. The van der Waals surface area contributed by atoms with E-state index in [1.165, 1.54) is 66.8 Å². The van der Waals surface area contributed by atoms with Crippen LogP contribution in [0.4, 0.5) is 0 Å². The van der Waals surface area contributed by atoms with Crippen LogP contribution >= 0.6 is 0 Å². The summed E-state index contributed by atoms with van der Waals surface area (Å²) in [5.41, 5.74) is 7.00. The SMILES string of the molecule is Oc1ccc2c(c1)CCC(c1ccccc1)C2c1ccc(C2CCN(C3CNC3)CC2)cc1. The summed E-state index contributed by atoms with van der Waals surface area (Å²) in [5, 5.41) is 13.5. The van der Waals surface area contributed by atoms with Crippen LogP contribution in [0, 0.1) is 0 Å². The highest BCUT2D eigenvalue weighted by atomic mass is 16.3. The average Bonchev–Trinajstić information content (AvgIpc) is 2.83. The third kappa shape index (κ3) is 4.09. The van der Waals surface area contributed by atoms with Crippen molar-refractivity contribution in [2.75, 3.05) is 26.2 Å². The Labute approximate surface area is 197 Å². The van der Waals surface area contributed by atoms with Gasteiger partial charge in [-0.15, -0.1) is 0 Å². The van der Waals surface area contributed by atoms with Crippen molar-refractivity contribution in [3.63, 3.8) is 0 Å². The molecule has 0 bridgehead atoms. The molecule has 3 nitrogen and oxygen atoms in total. The highest BCUT2D eigenvalue weighted by Crippen LogP contribution is 2.47. The van der Waals surface area contributed by atoms with Gasteiger partial charge < -0.3 is 10.4 Å². The van der Waals surface area contributed by atoms with Crippen LogP contribution < -0.4 is 5.32 Å². The first kappa shape index (κ1) is 20.9. The lowest BCUT2D eigenvalue weighted by molar-refractivity contribution is 0.113. The number of piperidine rings is 1. The summed E-state index contributed by atoms with van der Waals surface area (Å²) in [6.07, 6.45) is 4.68. The molecule has 6 rings (SSSR count). The molecule has 3 aliphatic rings. The van der Waals surface area contributed by atoms with Gasteiger partial charge in [0.1, 0.15) is 5.75 Å². The van der Waals surface area contributed by atoms with Crippen LogP contribution in [0.1, 0.15) is 64.8 Å². The van der Waals surface area contributed by atoms with Crippen LogP contribution in [-0.4, -0.2) is 42.2 Å². The first-order valence-electron chi connectivity index (χ1n) is 12.7. The number of rotatable bonds is 4. The molecular formula is C30H34N2O. The minimum Gasteiger partial charge on any atom is -0.508 e. The first-order chi connectivity index (χ1) is 16.3. The topological polar surface area (TPSA) is 35.5 Å². The fourth-order valence-corrected chi connectivity index (χ4v) is 6.38. The summed E-state index contributed by atoms with van der Waals surface area (Å²) in [7, 11) is 0. The third-order valence-electron chi connectivity index (χ3n) is 8.39. The molecule has 3 aromatic rings. The number of aromatic hydroxyl groups is 1. The average molecular weight is 439 g/mol. The Morgan fingerprint density at radius 2 is 1.48 bits per heavy atom. The molecule has 3 heteroatoms. The standard InChI is InChI=1S/C30H34N2O/c33-27-11-13-29-25(18-27)10-12-28(23-4-2-1-3-5-23)30(29)24-8-6-21(7-9-24)22-14-16-32(17-15-22)26-19-31-20-26/h1-9,11,13,18,22,26,28,30-31,33H,10,12,14-17,19-20H2. The van der Waals surface area contributed by atoms with Gasteiger partial charge in [-0.25, -0.2) is 0 Å². The molecule has 2 aliphatic heterocycles. The van der Waals surface area contributed by atoms with Gasteiger partial charge in [-0.05, 0) is 90.6 Å². The predicted octanol–water partition coefficient (Wildman–Crippen LogP) is 5.41. The van der Waals surface area contributed by atoms with Crippen LogP contribution in [0.5, 0.6) is 5.75 Å². The van der Waals surface area contributed by atoms with Gasteiger partial charge in [-0.3, -0.25) is 4.90 Å². The highest BCUT2D eigenvalue weighted by Gasteiger charge is 2.33. The van der Waals surface area contributed by atoms with E-state index in [1.54, 1.807) is 0 Å². The van der Waals surface area contributed by atoms with Crippen LogP contribution in [0.3, 0.4) is 0 Å². The second-order valence-electron chi connectivity index (χ2n) is 10.2. The molecular weight excluding hydrogens is 404 g/mol. The summed E-state index contributed by atoms with van der Waals surface area (Å²) in [4.78, 5) is 2.68. The van der Waals surface area contributed by atoms with Crippen molar-refractivity contribution < 1.29 is 5.11 Å². The number of hydrogen-bond acceptors (Lipinski definition) is 3. The number of fused-ring (bicyclic) bond motifs is 1. The summed E-state index contributed by atoms with van der Waals surface area (Å²) < 4.78 is 0. The second-order valence-corrected chi connectivity index (χ2v) is 10.2. The lowest BCUT2D eigenvalue weighted by Gasteiger charge is -2.42. The van der Waals surface area contributed by atoms with Crippen molar-refractivity contribution in [3.8, 4) is 5.75 Å². The molecule has 3 aromatic carbocycles. The van der Waals surface area contributed by atoms with Crippen LogP contribution in [-0.2, 0) is 6.42 Å².